The van der Waals surface area contributed by atoms with Gasteiger partial charge in [-0.15, -0.1) is 11.3 Å². The Morgan fingerprint density at radius 1 is 1.30 bits per heavy atom. The number of nitrogens with zero attached hydrogens (tertiary/aromatic N) is 2. The van der Waals surface area contributed by atoms with E-state index in [9.17, 15) is 4.79 Å². The molecule has 0 radical (unpaired) electrons. The molecule has 0 aliphatic carbocycles. The maximum atomic E-state index is 13.5. The van der Waals surface area contributed by atoms with Gasteiger partial charge in [0.15, 0.2) is 5.16 Å². The van der Waals surface area contributed by atoms with Gasteiger partial charge in [0.1, 0.15) is 4.83 Å². The minimum Gasteiger partial charge on any atom is -0.369 e. The van der Waals surface area contributed by atoms with E-state index < -0.39 is 0 Å². The fraction of sp³-hybridized carbons (Fsp3) is 0.429. The van der Waals surface area contributed by atoms with Crippen molar-refractivity contribution in [1.29, 1.82) is 0 Å². The molecular weight excluding hydrogens is 376 g/mol. The molecule has 142 valence electrons. The van der Waals surface area contributed by atoms with Crippen molar-refractivity contribution in [2.24, 2.45) is 0 Å². The highest BCUT2D eigenvalue weighted by Crippen LogP contribution is 2.38. The number of aromatic nitrogens is 2. The highest BCUT2D eigenvalue weighted by molar-refractivity contribution is 7.99. The number of benzene rings is 1. The van der Waals surface area contributed by atoms with E-state index in [4.69, 9.17) is 9.72 Å². The SMILES string of the molecule is CCSc1nc2sc3c(c2c(=O)n1Cc1ccccc1)C[C@@](C)(CC)OC3. The molecule has 2 aromatic heterocycles. The van der Waals surface area contributed by atoms with Crippen LogP contribution < -0.4 is 5.56 Å². The molecule has 3 heterocycles. The van der Waals surface area contributed by atoms with Crippen LogP contribution in [-0.4, -0.2) is 20.9 Å². The Bertz CT molecular complexity index is 1030. The number of ether oxygens (including phenoxy) is 1. The van der Waals surface area contributed by atoms with Crippen LogP contribution in [0.3, 0.4) is 0 Å². The van der Waals surface area contributed by atoms with Gasteiger partial charge in [-0.05, 0) is 30.2 Å². The van der Waals surface area contributed by atoms with Crippen LogP contribution in [0.4, 0.5) is 0 Å². The summed E-state index contributed by atoms with van der Waals surface area (Å²) in [5, 5.41) is 1.60. The zero-order valence-electron chi connectivity index (χ0n) is 15.9. The van der Waals surface area contributed by atoms with Gasteiger partial charge in [0.2, 0.25) is 0 Å². The molecule has 1 aliphatic rings. The van der Waals surface area contributed by atoms with Crippen LogP contribution in [0, 0.1) is 0 Å². The summed E-state index contributed by atoms with van der Waals surface area (Å²) >= 11 is 3.25. The van der Waals surface area contributed by atoms with E-state index in [0.717, 1.165) is 50.0 Å². The van der Waals surface area contributed by atoms with Crippen LogP contribution in [0.2, 0.25) is 0 Å². The van der Waals surface area contributed by atoms with Crippen molar-refractivity contribution < 1.29 is 4.74 Å². The van der Waals surface area contributed by atoms with Crippen molar-refractivity contribution in [3.05, 3.63) is 56.7 Å². The second kappa shape index (κ2) is 7.41. The molecule has 0 spiro atoms. The average Bonchev–Trinajstić information content (AvgIpc) is 3.03. The van der Waals surface area contributed by atoms with E-state index in [1.165, 1.54) is 0 Å². The van der Waals surface area contributed by atoms with E-state index >= 15 is 0 Å². The highest BCUT2D eigenvalue weighted by Gasteiger charge is 2.33. The minimum atomic E-state index is -0.200. The van der Waals surface area contributed by atoms with Crippen molar-refractivity contribution in [2.45, 2.75) is 57.5 Å². The van der Waals surface area contributed by atoms with Gasteiger partial charge in [0, 0.05) is 11.3 Å². The molecule has 0 bridgehead atoms. The maximum absolute atomic E-state index is 13.5. The van der Waals surface area contributed by atoms with Gasteiger partial charge in [-0.3, -0.25) is 9.36 Å². The lowest BCUT2D eigenvalue weighted by Crippen LogP contribution is -2.34. The lowest BCUT2D eigenvalue weighted by atomic mass is 9.90. The van der Waals surface area contributed by atoms with Crippen molar-refractivity contribution in [3.8, 4) is 0 Å². The standard InChI is InChI=1S/C21H24N2O2S2/c1-4-21(3)11-15-16(13-25-21)27-18-17(15)19(24)23(20(22-18)26-5-2)12-14-9-7-6-8-10-14/h6-10H,4-5,11-13H2,1-3H3/t21-/m1/s1. The first kappa shape index (κ1) is 18.7. The summed E-state index contributed by atoms with van der Waals surface area (Å²) in [7, 11) is 0. The van der Waals surface area contributed by atoms with E-state index in [-0.39, 0.29) is 11.2 Å². The van der Waals surface area contributed by atoms with Gasteiger partial charge in [0.05, 0.1) is 24.1 Å². The molecule has 4 nitrogen and oxygen atoms in total. The Morgan fingerprint density at radius 2 is 2.07 bits per heavy atom. The Kier molecular flexibility index (Phi) is 5.14. The van der Waals surface area contributed by atoms with Crippen LogP contribution in [0.15, 0.2) is 40.3 Å². The first-order valence-corrected chi connectivity index (χ1v) is 11.2. The lowest BCUT2D eigenvalue weighted by Gasteiger charge is -2.32. The van der Waals surface area contributed by atoms with Gasteiger partial charge in [0.25, 0.3) is 5.56 Å². The highest BCUT2D eigenvalue weighted by atomic mass is 32.2. The number of thiophene rings is 1. The summed E-state index contributed by atoms with van der Waals surface area (Å²) in [6.45, 7) is 7.50. The number of hydrogen-bond acceptors (Lipinski definition) is 5. The molecule has 1 aromatic carbocycles. The predicted molar refractivity (Wildman–Crippen MR) is 113 cm³/mol. The quantitative estimate of drug-likeness (QED) is 0.453. The minimum absolute atomic E-state index is 0.0812. The molecule has 0 saturated heterocycles. The molecule has 0 unspecified atom stereocenters. The fourth-order valence-electron chi connectivity index (χ4n) is 3.51. The van der Waals surface area contributed by atoms with Gasteiger partial charge in [-0.1, -0.05) is 55.9 Å². The van der Waals surface area contributed by atoms with Gasteiger partial charge in [-0.25, -0.2) is 4.98 Å². The summed E-state index contributed by atoms with van der Waals surface area (Å²) in [6.07, 6.45) is 1.71. The molecule has 0 amide bonds. The first-order valence-electron chi connectivity index (χ1n) is 9.40. The normalized spacial score (nSPS) is 19.4. The van der Waals surface area contributed by atoms with Crippen LogP contribution in [-0.2, 0) is 24.3 Å². The van der Waals surface area contributed by atoms with Crippen molar-refractivity contribution in [3.63, 3.8) is 0 Å². The monoisotopic (exact) mass is 400 g/mol. The molecule has 27 heavy (non-hydrogen) atoms. The third-order valence-electron chi connectivity index (χ3n) is 5.27. The lowest BCUT2D eigenvalue weighted by molar-refractivity contribution is -0.0543. The van der Waals surface area contributed by atoms with Gasteiger partial charge in [-0.2, -0.15) is 0 Å². The molecule has 4 rings (SSSR count). The molecule has 1 aliphatic heterocycles. The topological polar surface area (TPSA) is 44.1 Å². The average molecular weight is 401 g/mol. The summed E-state index contributed by atoms with van der Waals surface area (Å²) < 4.78 is 7.93. The molecule has 3 aromatic rings. The summed E-state index contributed by atoms with van der Waals surface area (Å²) in [6, 6.07) is 10.1. The largest absolute Gasteiger partial charge is 0.369 e. The van der Waals surface area contributed by atoms with E-state index in [1.807, 2.05) is 22.8 Å². The van der Waals surface area contributed by atoms with Crippen LogP contribution in [0.1, 0.15) is 43.2 Å². The Labute approximate surface area is 167 Å². The molecular formula is C21H24N2O2S2. The van der Waals surface area contributed by atoms with Gasteiger partial charge < -0.3 is 4.74 Å². The number of thioether (sulfide) groups is 1. The Hall–Kier alpha value is -1.63. The molecule has 0 fully saturated rings. The fourth-order valence-corrected chi connectivity index (χ4v) is 5.37. The van der Waals surface area contributed by atoms with E-state index in [0.29, 0.717) is 13.2 Å². The summed E-state index contributed by atoms with van der Waals surface area (Å²) in [5.41, 5.74) is 2.15. The maximum Gasteiger partial charge on any atom is 0.263 e. The zero-order chi connectivity index (χ0) is 19.0. The summed E-state index contributed by atoms with van der Waals surface area (Å²) in [4.78, 5) is 20.4. The predicted octanol–water partition coefficient (Wildman–Crippen LogP) is 4.86. The Balaban J connectivity index is 1.89. The van der Waals surface area contributed by atoms with Crippen molar-refractivity contribution in [2.75, 3.05) is 5.75 Å². The zero-order valence-corrected chi connectivity index (χ0v) is 17.6. The van der Waals surface area contributed by atoms with E-state index in [2.05, 4.69) is 32.9 Å². The first-order chi connectivity index (χ1) is 13.0. The molecule has 6 heteroatoms. The van der Waals surface area contributed by atoms with E-state index in [1.54, 1.807) is 23.1 Å². The second-order valence-corrected chi connectivity index (χ2v) is 9.47. The third-order valence-corrected chi connectivity index (χ3v) is 7.22. The smallest absolute Gasteiger partial charge is 0.263 e. The van der Waals surface area contributed by atoms with Gasteiger partial charge >= 0.3 is 0 Å². The van der Waals surface area contributed by atoms with Crippen molar-refractivity contribution in [1.82, 2.24) is 9.55 Å². The van der Waals surface area contributed by atoms with Crippen molar-refractivity contribution >= 4 is 33.3 Å². The Morgan fingerprint density at radius 3 is 2.78 bits per heavy atom. The number of fused-ring (bicyclic) bond motifs is 3. The molecule has 0 N–H and O–H groups in total. The van der Waals surface area contributed by atoms with Crippen LogP contribution in [0.25, 0.3) is 10.2 Å². The molecule has 0 saturated carbocycles. The van der Waals surface area contributed by atoms with Crippen LogP contribution in [0.5, 0.6) is 0 Å². The molecule has 1 atom stereocenters. The summed E-state index contributed by atoms with van der Waals surface area (Å²) in [5.74, 6) is 0.884. The van der Waals surface area contributed by atoms with Crippen LogP contribution >= 0.6 is 23.1 Å². The number of hydrogen-bond donors (Lipinski definition) is 0. The second-order valence-electron chi connectivity index (χ2n) is 7.16. The third kappa shape index (κ3) is 3.46. The number of rotatable bonds is 5.